The van der Waals surface area contributed by atoms with Crippen LogP contribution in [0.3, 0.4) is 0 Å². The van der Waals surface area contributed by atoms with Gasteiger partial charge in [-0.05, 0) is 62.6 Å². The van der Waals surface area contributed by atoms with E-state index in [0.717, 1.165) is 56.9 Å². The van der Waals surface area contributed by atoms with Gasteiger partial charge in [0.15, 0.2) is 0 Å². The number of rotatable bonds is 5. The number of aromatic nitrogens is 2. The minimum absolute atomic E-state index is 0.0140. The Bertz CT molecular complexity index is 1100. The Morgan fingerprint density at radius 1 is 1.30 bits per heavy atom. The zero-order valence-corrected chi connectivity index (χ0v) is 18.8. The second-order valence-electron chi connectivity index (χ2n) is 7.44. The van der Waals surface area contributed by atoms with Crippen LogP contribution in [-0.2, 0) is 4.79 Å². The van der Waals surface area contributed by atoms with Gasteiger partial charge in [0.25, 0.3) is 0 Å². The lowest BCUT2D eigenvalue weighted by Gasteiger charge is -2.33. The second-order valence-corrected chi connectivity index (χ2v) is 9.19. The number of aryl methyl sites for hydroxylation is 1. The Kier molecular flexibility index (Phi) is 5.97. The fraction of sp³-hybridized carbons (Fsp3) is 0.304. The summed E-state index contributed by atoms with van der Waals surface area (Å²) in [6, 6.07) is 9.87. The maximum atomic E-state index is 13.2. The Labute approximate surface area is 185 Å². The summed E-state index contributed by atoms with van der Waals surface area (Å²) >= 11 is 7.62. The molecule has 1 aliphatic rings. The summed E-state index contributed by atoms with van der Waals surface area (Å²) in [5.41, 5.74) is 3.63. The van der Waals surface area contributed by atoms with Gasteiger partial charge >= 0.3 is 0 Å². The molecule has 2 aromatic heterocycles. The summed E-state index contributed by atoms with van der Waals surface area (Å²) in [6.07, 6.45) is 7.43. The van der Waals surface area contributed by atoms with Crippen LogP contribution in [0.15, 0.2) is 48.4 Å². The molecule has 0 radical (unpaired) electrons. The predicted octanol–water partition coefficient (Wildman–Crippen LogP) is 5.67. The first-order valence-corrected chi connectivity index (χ1v) is 11.1. The molecular weight excluding hydrogens is 418 g/mol. The van der Waals surface area contributed by atoms with Crippen LogP contribution in [0.4, 0.5) is 0 Å². The molecule has 4 rings (SSSR count). The van der Waals surface area contributed by atoms with Crippen molar-refractivity contribution in [2.45, 2.75) is 32.7 Å². The van der Waals surface area contributed by atoms with Crippen LogP contribution in [0.1, 0.15) is 41.9 Å². The molecule has 5 nitrogen and oxygen atoms in total. The molecule has 30 heavy (non-hydrogen) atoms. The van der Waals surface area contributed by atoms with Crippen molar-refractivity contribution in [3.63, 3.8) is 0 Å². The normalized spacial score (nSPS) is 16.9. The number of hydrogen-bond acceptors (Lipinski definition) is 4. The Morgan fingerprint density at radius 3 is 2.80 bits per heavy atom. The molecule has 1 atom stereocenters. The fourth-order valence-electron chi connectivity index (χ4n) is 3.79. The van der Waals surface area contributed by atoms with Gasteiger partial charge in [-0.1, -0.05) is 17.7 Å². The van der Waals surface area contributed by atoms with Gasteiger partial charge in [-0.3, -0.25) is 4.79 Å². The number of likely N-dealkylation sites (tertiary alicyclic amines) is 1. The first kappa shape index (κ1) is 20.7. The predicted molar refractivity (Wildman–Crippen MR) is 122 cm³/mol. The van der Waals surface area contributed by atoms with Crippen molar-refractivity contribution in [1.29, 1.82) is 0 Å². The highest BCUT2D eigenvalue weighted by molar-refractivity contribution is 7.16. The number of halogens is 1. The van der Waals surface area contributed by atoms with Crippen LogP contribution in [0.25, 0.3) is 11.8 Å². The number of hydrogen-bond donors (Lipinski definition) is 0. The molecule has 1 fully saturated rings. The van der Waals surface area contributed by atoms with Gasteiger partial charge in [0.1, 0.15) is 5.75 Å². The van der Waals surface area contributed by atoms with Gasteiger partial charge in [0.05, 0.1) is 35.2 Å². The van der Waals surface area contributed by atoms with E-state index in [0.29, 0.717) is 0 Å². The van der Waals surface area contributed by atoms with Crippen molar-refractivity contribution in [2.75, 3.05) is 13.7 Å². The molecular formula is C23H24ClN3O2S. The number of ether oxygens (including phenoxy) is 1. The van der Waals surface area contributed by atoms with Crippen LogP contribution in [0, 0.1) is 6.92 Å². The van der Waals surface area contributed by atoms with Gasteiger partial charge in [-0.2, -0.15) is 0 Å². The molecule has 1 amide bonds. The summed E-state index contributed by atoms with van der Waals surface area (Å²) in [6.45, 7) is 4.77. The highest BCUT2D eigenvalue weighted by atomic mass is 35.5. The van der Waals surface area contributed by atoms with Gasteiger partial charge in [-0.15, -0.1) is 11.3 Å². The lowest BCUT2D eigenvalue weighted by molar-refractivity contribution is -0.130. The number of carbonyl (C=O) groups is 1. The third kappa shape index (κ3) is 4.16. The number of imidazole rings is 1. The van der Waals surface area contributed by atoms with Crippen LogP contribution in [0.2, 0.25) is 4.34 Å². The molecule has 0 unspecified atom stereocenters. The largest absolute Gasteiger partial charge is 0.495 e. The molecule has 1 aromatic carbocycles. The second kappa shape index (κ2) is 8.66. The average Bonchev–Trinajstić information content (AvgIpc) is 3.37. The van der Waals surface area contributed by atoms with Gasteiger partial charge in [0, 0.05) is 23.2 Å². The van der Waals surface area contributed by atoms with Crippen LogP contribution >= 0.6 is 22.9 Å². The third-order valence-corrected chi connectivity index (χ3v) is 6.79. The molecule has 3 aromatic rings. The molecule has 3 heterocycles. The van der Waals surface area contributed by atoms with E-state index in [2.05, 4.69) is 11.9 Å². The molecule has 1 saturated heterocycles. The summed E-state index contributed by atoms with van der Waals surface area (Å²) in [5.74, 6) is 0.829. The summed E-state index contributed by atoms with van der Waals surface area (Å²) < 4.78 is 8.29. The quantitative estimate of drug-likeness (QED) is 0.479. The highest BCUT2D eigenvalue weighted by Gasteiger charge is 2.28. The lowest BCUT2D eigenvalue weighted by Crippen LogP contribution is -2.38. The number of methoxy groups -OCH3 is 1. The molecule has 156 valence electrons. The van der Waals surface area contributed by atoms with Crippen molar-refractivity contribution in [3.8, 4) is 11.4 Å². The van der Waals surface area contributed by atoms with Crippen LogP contribution in [0.5, 0.6) is 5.75 Å². The van der Waals surface area contributed by atoms with E-state index in [-0.39, 0.29) is 11.9 Å². The van der Waals surface area contributed by atoms with E-state index in [1.807, 2.05) is 59.0 Å². The van der Waals surface area contributed by atoms with Crippen molar-refractivity contribution < 1.29 is 9.53 Å². The van der Waals surface area contributed by atoms with Crippen molar-refractivity contribution >= 4 is 34.9 Å². The first-order chi connectivity index (χ1) is 14.5. The molecule has 0 N–H and O–H groups in total. The summed E-state index contributed by atoms with van der Waals surface area (Å²) in [4.78, 5) is 20.5. The van der Waals surface area contributed by atoms with Crippen molar-refractivity contribution in [1.82, 2.24) is 14.5 Å². The SMILES string of the molecule is COc1cc(/C=C2\CCCN([C@@H](C)c3ccc(Cl)s3)C2=O)ccc1-n1cnc(C)c1. The minimum atomic E-state index is 0.0140. The zero-order valence-electron chi connectivity index (χ0n) is 17.3. The van der Waals surface area contributed by atoms with E-state index >= 15 is 0 Å². The van der Waals surface area contributed by atoms with E-state index in [4.69, 9.17) is 16.3 Å². The highest BCUT2D eigenvalue weighted by Crippen LogP contribution is 2.34. The molecule has 0 spiro atoms. The van der Waals surface area contributed by atoms with E-state index < -0.39 is 0 Å². The van der Waals surface area contributed by atoms with Crippen LogP contribution < -0.4 is 4.74 Å². The van der Waals surface area contributed by atoms with Gasteiger partial charge < -0.3 is 14.2 Å². The minimum Gasteiger partial charge on any atom is -0.495 e. The molecule has 0 aliphatic carbocycles. The molecule has 0 bridgehead atoms. The smallest absolute Gasteiger partial charge is 0.250 e. The van der Waals surface area contributed by atoms with E-state index in [9.17, 15) is 4.79 Å². The topological polar surface area (TPSA) is 47.4 Å². The molecule has 0 saturated carbocycles. The Hall–Kier alpha value is -2.57. The maximum absolute atomic E-state index is 13.2. The lowest BCUT2D eigenvalue weighted by atomic mass is 9.99. The van der Waals surface area contributed by atoms with E-state index in [1.165, 1.54) is 11.3 Å². The average molecular weight is 442 g/mol. The van der Waals surface area contributed by atoms with Crippen LogP contribution in [-0.4, -0.2) is 34.0 Å². The standard InChI is InChI=1S/C23H24ClN3O2S/c1-15-13-26(14-25-15)19-7-6-17(12-20(19)29-3)11-18-5-4-10-27(23(18)28)16(2)21-8-9-22(24)30-21/h6-9,11-14,16H,4-5,10H2,1-3H3/b18-11+/t16-/m0/s1. The van der Waals surface area contributed by atoms with Crippen molar-refractivity contribution in [2.24, 2.45) is 0 Å². The summed E-state index contributed by atoms with van der Waals surface area (Å²) in [5, 5.41) is 0. The number of nitrogens with zero attached hydrogens (tertiary/aromatic N) is 3. The van der Waals surface area contributed by atoms with E-state index in [1.54, 1.807) is 13.4 Å². The first-order valence-electron chi connectivity index (χ1n) is 9.92. The summed E-state index contributed by atoms with van der Waals surface area (Å²) in [7, 11) is 1.65. The number of amides is 1. The van der Waals surface area contributed by atoms with Gasteiger partial charge in [-0.25, -0.2) is 4.98 Å². The fourth-order valence-corrected chi connectivity index (χ4v) is 4.92. The zero-order chi connectivity index (χ0) is 21.3. The molecule has 1 aliphatic heterocycles. The number of thiophene rings is 1. The number of piperidine rings is 1. The molecule has 7 heteroatoms. The third-order valence-electron chi connectivity index (χ3n) is 5.39. The maximum Gasteiger partial charge on any atom is 0.250 e. The Morgan fingerprint density at radius 2 is 2.13 bits per heavy atom. The number of benzene rings is 1. The van der Waals surface area contributed by atoms with Crippen molar-refractivity contribution in [3.05, 3.63) is 68.9 Å². The van der Waals surface area contributed by atoms with Gasteiger partial charge in [0.2, 0.25) is 5.91 Å². The monoisotopic (exact) mass is 441 g/mol. The Balaban J connectivity index is 1.60. The number of carbonyl (C=O) groups excluding carboxylic acids is 1.